The van der Waals surface area contributed by atoms with Crippen LogP contribution in [0.4, 0.5) is 0 Å². The maximum Gasteiger partial charge on any atom is 0.346 e. The van der Waals surface area contributed by atoms with Crippen LogP contribution in [0.5, 0.6) is 0 Å². The van der Waals surface area contributed by atoms with Crippen molar-refractivity contribution in [3.63, 3.8) is 0 Å². The fraction of sp³-hybridized carbons (Fsp3) is 0.812. The summed E-state index contributed by atoms with van der Waals surface area (Å²) < 4.78 is 3.04. The number of nitrogens with zero attached hydrogens (tertiary/aromatic N) is 4. The van der Waals surface area contributed by atoms with Gasteiger partial charge in [0.05, 0.1) is 0 Å². The van der Waals surface area contributed by atoms with E-state index in [-0.39, 0.29) is 18.1 Å². The van der Waals surface area contributed by atoms with E-state index in [0.717, 1.165) is 38.1 Å². The van der Waals surface area contributed by atoms with Gasteiger partial charge in [-0.15, -0.1) is 0 Å². The maximum atomic E-state index is 12.3. The Balaban J connectivity index is 1.54. The Morgan fingerprint density at radius 2 is 2.17 bits per heavy atom. The zero-order valence-electron chi connectivity index (χ0n) is 14.1. The average Bonchev–Trinajstić information content (AvgIpc) is 3.35. The summed E-state index contributed by atoms with van der Waals surface area (Å²) in [5.74, 6) is 0.679. The van der Waals surface area contributed by atoms with Crippen molar-refractivity contribution in [3.05, 3.63) is 16.3 Å². The van der Waals surface area contributed by atoms with E-state index in [2.05, 4.69) is 29.3 Å². The van der Waals surface area contributed by atoms with Crippen LogP contribution >= 0.6 is 0 Å². The molecule has 0 spiro atoms. The molecule has 1 fully saturated rings. The quantitative estimate of drug-likeness (QED) is 0.822. The van der Waals surface area contributed by atoms with Crippen molar-refractivity contribution in [3.8, 4) is 0 Å². The number of nitrogens with one attached hydrogen (secondary N) is 1. The molecule has 128 valence electrons. The largest absolute Gasteiger partial charge is 0.353 e. The highest BCUT2D eigenvalue weighted by Gasteiger charge is 2.29. The van der Waals surface area contributed by atoms with Crippen LogP contribution in [0.25, 0.3) is 0 Å². The highest BCUT2D eigenvalue weighted by atomic mass is 16.2. The summed E-state index contributed by atoms with van der Waals surface area (Å²) >= 11 is 0. The van der Waals surface area contributed by atoms with Gasteiger partial charge in [-0.2, -0.15) is 5.10 Å². The van der Waals surface area contributed by atoms with Gasteiger partial charge in [0.2, 0.25) is 5.91 Å². The minimum absolute atomic E-state index is 0.0126. The molecule has 0 radical (unpaired) electrons. The van der Waals surface area contributed by atoms with Crippen molar-refractivity contribution in [1.82, 2.24) is 24.6 Å². The fourth-order valence-corrected chi connectivity index (χ4v) is 3.17. The first-order valence-electron chi connectivity index (χ1n) is 8.71. The molecular weight excluding hydrogens is 294 g/mol. The highest BCUT2D eigenvalue weighted by Crippen LogP contribution is 2.26. The number of likely N-dealkylation sites (N-methyl/N-ethyl adjacent to an activating group) is 1. The minimum Gasteiger partial charge on any atom is -0.353 e. The predicted octanol–water partition coefficient (Wildman–Crippen LogP) is 0.370. The van der Waals surface area contributed by atoms with Gasteiger partial charge in [-0.3, -0.25) is 14.3 Å². The topological polar surface area (TPSA) is 72.2 Å². The van der Waals surface area contributed by atoms with Crippen LogP contribution in [0.1, 0.15) is 44.9 Å². The van der Waals surface area contributed by atoms with Gasteiger partial charge in [-0.25, -0.2) is 9.48 Å². The monoisotopic (exact) mass is 321 g/mol. The van der Waals surface area contributed by atoms with E-state index >= 15 is 0 Å². The second-order valence-corrected chi connectivity index (χ2v) is 6.87. The Labute approximate surface area is 136 Å². The number of carbonyl (C=O) groups is 1. The van der Waals surface area contributed by atoms with Crippen LogP contribution in [-0.2, 0) is 24.3 Å². The zero-order chi connectivity index (χ0) is 16.4. The van der Waals surface area contributed by atoms with E-state index in [1.54, 1.807) is 4.57 Å². The van der Waals surface area contributed by atoms with Crippen molar-refractivity contribution in [2.45, 2.75) is 70.6 Å². The van der Waals surface area contributed by atoms with Crippen LogP contribution in [0.15, 0.2) is 4.79 Å². The van der Waals surface area contributed by atoms with Gasteiger partial charge in [0.15, 0.2) is 0 Å². The summed E-state index contributed by atoms with van der Waals surface area (Å²) in [6, 6.07) is 0.982. The zero-order valence-corrected chi connectivity index (χ0v) is 14.1. The smallest absolute Gasteiger partial charge is 0.346 e. The summed E-state index contributed by atoms with van der Waals surface area (Å²) in [7, 11) is 2.10. The second kappa shape index (κ2) is 6.86. The molecule has 0 saturated heterocycles. The number of carbonyl (C=O) groups excluding carboxylic acids is 1. The molecule has 2 aliphatic rings. The lowest BCUT2D eigenvalue weighted by atomic mass is 10.2. The van der Waals surface area contributed by atoms with Crippen LogP contribution in [0.3, 0.4) is 0 Å². The fourth-order valence-electron chi connectivity index (χ4n) is 3.17. The van der Waals surface area contributed by atoms with E-state index in [9.17, 15) is 9.59 Å². The van der Waals surface area contributed by atoms with Crippen molar-refractivity contribution in [1.29, 1.82) is 0 Å². The van der Waals surface area contributed by atoms with E-state index in [4.69, 9.17) is 0 Å². The number of hydrogen-bond acceptors (Lipinski definition) is 4. The van der Waals surface area contributed by atoms with Gasteiger partial charge in [0, 0.05) is 31.6 Å². The van der Waals surface area contributed by atoms with Crippen molar-refractivity contribution >= 4 is 5.91 Å². The molecule has 2 heterocycles. The molecule has 3 rings (SSSR count). The SMILES string of the molecule is C[C@H](CNC(=O)Cn1nc2n(c1=O)CCCCC2)N(C)C1CC1. The van der Waals surface area contributed by atoms with Crippen molar-refractivity contribution in [2.75, 3.05) is 13.6 Å². The van der Waals surface area contributed by atoms with Crippen molar-refractivity contribution < 1.29 is 4.79 Å². The number of aryl methyl sites for hydroxylation is 1. The number of rotatable bonds is 6. The number of amides is 1. The van der Waals surface area contributed by atoms with Gasteiger partial charge in [-0.05, 0) is 39.7 Å². The molecule has 7 heteroatoms. The third-order valence-corrected chi connectivity index (χ3v) is 4.99. The van der Waals surface area contributed by atoms with E-state index in [1.165, 1.54) is 17.5 Å². The first-order chi connectivity index (χ1) is 11.1. The Morgan fingerprint density at radius 1 is 1.39 bits per heavy atom. The normalized spacial score (nSPS) is 19.3. The molecule has 7 nitrogen and oxygen atoms in total. The van der Waals surface area contributed by atoms with Crippen LogP contribution in [0, 0.1) is 0 Å². The van der Waals surface area contributed by atoms with Crippen LogP contribution < -0.4 is 11.0 Å². The lowest BCUT2D eigenvalue weighted by Crippen LogP contribution is -2.42. The number of aromatic nitrogens is 3. The molecule has 0 aromatic carbocycles. The Kier molecular flexibility index (Phi) is 4.84. The molecule has 0 bridgehead atoms. The highest BCUT2D eigenvalue weighted by molar-refractivity contribution is 5.75. The minimum atomic E-state index is -0.153. The van der Waals surface area contributed by atoms with Gasteiger partial charge in [0.25, 0.3) is 0 Å². The molecule has 1 aromatic heterocycles. The molecule has 1 amide bonds. The summed E-state index contributed by atoms with van der Waals surface area (Å²) in [5, 5.41) is 7.27. The number of fused-ring (bicyclic) bond motifs is 1. The molecular formula is C16H27N5O2. The van der Waals surface area contributed by atoms with Gasteiger partial charge < -0.3 is 5.32 Å². The molecule has 1 aliphatic heterocycles. The maximum absolute atomic E-state index is 12.3. The van der Waals surface area contributed by atoms with Crippen molar-refractivity contribution in [2.24, 2.45) is 0 Å². The predicted molar refractivity (Wildman–Crippen MR) is 87.3 cm³/mol. The van der Waals surface area contributed by atoms with E-state index < -0.39 is 0 Å². The van der Waals surface area contributed by atoms with E-state index in [0.29, 0.717) is 18.6 Å². The van der Waals surface area contributed by atoms with Gasteiger partial charge in [-0.1, -0.05) is 6.42 Å². The summed E-state index contributed by atoms with van der Waals surface area (Å²) in [6.45, 7) is 3.45. The standard InChI is InChI=1S/C16H27N5O2/c1-12(19(2)13-7-8-13)10-17-15(22)11-21-16(23)20-9-5-3-4-6-14(20)18-21/h12-13H,3-11H2,1-2H3,(H,17,22)/t12-/m1/s1. The molecule has 1 aromatic rings. The van der Waals surface area contributed by atoms with Gasteiger partial charge >= 0.3 is 5.69 Å². The lowest BCUT2D eigenvalue weighted by molar-refractivity contribution is -0.122. The summed E-state index contributed by atoms with van der Waals surface area (Å²) in [6.07, 6.45) is 6.54. The first kappa shape index (κ1) is 16.2. The van der Waals surface area contributed by atoms with Crippen LogP contribution in [-0.4, -0.2) is 50.8 Å². The first-order valence-corrected chi connectivity index (χ1v) is 8.71. The summed E-state index contributed by atoms with van der Waals surface area (Å²) in [5.41, 5.74) is -0.153. The molecule has 0 unspecified atom stereocenters. The Hall–Kier alpha value is -1.63. The molecule has 1 N–H and O–H groups in total. The second-order valence-electron chi connectivity index (χ2n) is 6.87. The summed E-state index contributed by atoms with van der Waals surface area (Å²) in [4.78, 5) is 26.8. The van der Waals surface area contributed by atoms with E-state index in [1.807, 2.05) is 0 Å². The third kappa shape index (κ3) is 3.83. The number of hydrogen-bond donors (Lipinski definition) is 1. The molecule has 23 heavy (non-hydrogen) atoms. The average molecular weight is 321 g/mol. The Morgan fingerprint density at radius 3 is 2.91 bits per heavy atom. The van der Waals surface area contributed by atoms with Crippen LogP contribution in [0.2, 0.25) is 0 Å². The lowest BCUT2D eigenvalue weighted by Gasteiger charge is -2.24. The molecule has 1 atom stereocenters. The third-order valence-electron chi connectivity index (χ3n) is 4.99. The molecule has 1 saturated carbocycles. The molecule has 1 aliphatic carbocycles. The Bertz CT molecular complexity index is 616. The van der Waals surface area contributed by atoms with Gasteiger partial charge in [0.1, 0.15) is 12.4 Å².